The summed E-state index contributed by atoms with van der Waals surface area (Å²) in [6.45, 7) is 1.99. The molecule has 0 bridgehead atoms. The lowest BCUT2D eigenvalue weighted by atomic mass is 10.0. The number of hydrogen-bond donors (Lipinski definition) is 1. The number of nitrogens with two attached hydrogens (primary N) is 1. The largest absolute Gasteiger partial charge is 0.497 e. The second kappa shape index (κ2) is 8.52. The first-order valence-corrected chi connectivity index (χ1v) is 10.6. The molecule has 5 aromatic rings. The number of aryl methyl sites for hydroxylation is 1. The highest BCUT2D eigenvalue weighted by Crippen LogP contribution is 2.28. The van der Waals surface area contributed by atoms with Gasteiger partial charge in [-0.3, -0.25) is 4.40 Å². The van der Waals surface area contributed by atoms with E-state index >= 15 is 0 Å². The number of nitrogen functional groups attached to an aromatic ring is 1. The summed E-state index contributed by atoms with van der Waals surface area (Å²) in [5.74, 6) is 7.74. The molecule has 2 aromatic carbocycles. The highest BCUT2D eigenvalue weighted by Gasteiger charge is 2.14. The average Bonchev–Trinajstić information content (AvgIpc) is 3.19. The fraction of sp³-hybridized carbons (Fsp3) is 0.0714. The van der Waals surface area contributed by atoms with Gasteiger partial charge in [-0.1, -0.05) is 36.3 Å². The molecule has 5 rings (SSSR count). The molecule has 0 unspecified atom stereocenters. The molecule has 5 heteroatoms. The molecule has 160 valence electrons. The number of pyridine rings is 2. The summed E-state index contributed by atoms with van der Waals surface area (Å²) in [7, 11) is 1.67. The van der Waals surface area contributed by atoms with Crippen LogP contribution in [0.25, 0.3) is 28.0 Å². The third kappa shape index (κ3) is 4.02. The van der Waals surface area contributed by atoms with Gasteiger partial charge in [0, 0.05) is 17.3 Å². The van der Waals surface area contributed by atoms with Crippen molar-refractivity contribution in [1.82, 2.24) is 14.4 Å². The Kier molecular flexibility index (Phi) is 5.26. The van der Waals surface area contributed by atoms with Gasteiger partial charge in [0.25, 0.3) is 0 Å². The zero-order chi connectivity index (χ0) is 22.8. The highest BCUT2D eigenvalue weighted by molar-refractivity contribution is 5.73. The van der Waals surface area contributed by atoms with Crippen molar-refractivity contribution in [3.63, 3.8) is 0 Å². The molecule has 0 spiro atoms. The van der Waals surface area contributed by atoms with Crippen LogP contribution >= 0.6 is 0 Å². The van der Waals surface area contributed by atoms with Crippen molar-refractivity contribution < 1.29 is 4.74 Å². The molecule has 3 aromatic heterocycles. The van der Waals surface area contributed by atoms with Crippen molar-refractivity contribution in [3.05, 3.63) is 102 Å². The Morgan fingerprint density at radius 1 is 0.818 bits per heavy atom. The Bertz CT molecular complexity index is 1500. The summed E-state index contributed by atoms with van der Waals surface area (Å²) in [5, 5.41) is 0. The number of ether oxygens (including phenoxy) is 1. The number of aromatic nitrogens is 3. The third-order valence-corrected chi connectivity index (χ3v) is 5.51. The van der Waals surface area contributed by atoms with E-state index < -0.39 is 0 Å². The van der Waals surface area contributed by atoms with Crippen LogP contribution in [0.3, 0.4) is 0 Å². The van der Waals surface area contributed by atoms with E-state index in [2.05, 4.69) is 38.3 Å². The van der Waals surface area contributed by atoms with Crippen molar-refractivity contribution in [1.29, 1.82) is 0 Å². The van der Waals surface area contributed by atoms with Crippen LogP contribution < -0.4 is 10.5 Å². The van der Waals surface area contributed by atoms with E-state index in [1.54, 1.807) is 13.2 Å². The van der Waals surface area contributed by atoms with Gasteiger partial charge in [-0.05, 0) is 72.5 Å². The van der Waals surface area contributed by atoms with E-state index in [1.807, 2.05) is 73.8 Å². The molecule has 0 saturated carbocycles. The van der Waals surface area contributed by atoms with Crippen LogP contribution in [0.1, 0.15) is 17.0 Å². The van der Waals surface area contributed by atoms with E-state index in [9.17, 15) is 0 Å². The molecular formula is C28H22N4O. The van der Waals surface area contributed by atoms with Crippen LogP contribution in [0.5, 0.6) is 5.75 Å². The van der Waals surface area contributed by atoms with Crippen LogP contribution in [0.15, 0.2) is 85.1 Å². The number of methoxy groups -OCH3 is 1. The summed E-state index contributed by atoms with van der Waals surface area (Å²) < 4.78 is 7.29. The fourth-order valence-corrected chi connectivity index (χ4v) is 3.86. The monoisotopic (exact) mass is 430 g/mol. The topological polar surface area (TPSA) is 65.4 Å². The van der Waals surface area contributed by atoms with Crippen molar-refractivity contribution in [3.8, 4) is 40.0 Å². The summed E-state index contributed by atoms with van der Waals surface area (Å²) >= 11 is 0. The Hall–Kier alpha value is -4.56. The van der Waals surface area contributed by atoms with E-state index in [0.29, 0.717) is 11.5 Å². The van der Waals surface area contributed by atoms with Gasteiger partial charge >= 0.3 is 0 Å². The molecule has 0 amide bonds. The lowest BCUT2D eigenvalue weighted by molar-refractivity contribution is 0.415. The first kappa shape index (κ1) is 20.3. The van der Waals surface area contributed by atoms with Crippen molar-refractivity contribution in [2.45, 2.75) is 6.92 Å². The Morgan fingerprint density at radius 2 is 1.55 bits per heavy atom. The van der Waals surface area contributed by atoms with Gasteiger partial charge in [0.1, 0.15) is 22.9 Å². The van der Waals surface area contributed by atoms with Gasteiger partial charge in [0.15, 0.2) is 0 Å². The standard InChI is InChI=1S/C28H22N4O/c1-19-28(32-18-4-3-5-27(32)30-19)24-15-17-26(29)31-25(24)16-8-20-6-9-21(10-7-20)22-11-13-23(33-2)14-12-22/h3-7,9-15,17-18H,1-2H3,(H2,29,31). The van der Waals surface area contributed by atoms with Gasteiger partial charge in [-0.25, -0.2) is 9.97 Å². The maximum absolute atomic E-state index is 6.00. The molecule has 0 aliphatic rings. The lowest BCUT2D eigenvalue weighted by Crippen LogP contribution is -1.98. The first-order chi connectivity index (χ1) is 16.1. The average molecular weight is 431 g/mol. The predicted molar refractivity (Wildman–Crippen MR) is 132 cm³/mol. The smallest absolute Gasteiger partial charge is 0.137 e. The molecule has 0 fully saturated rings. The van der Waals surface area contributed by atoms with Gasteiger partial charge in [0.2, 0.25) is 0 Å². The molecule has 0 radical (unpaired) electrons. The van der Waals surface area contributed by atoms with E-state index in [-0.39, 0.29) is 0 Å². The minimum Gasteiger partial charge on any atom is -0.497 e. The quantitative estimate of drug-likeness (QED) is 0.391. The number of fused-ring (bicyclic) bond motifs is 1. The summed E-state index contributed by atoms with van der Waals surface area (Å²) in [5.41, 5.74) is 13.4. The van der Waals surface area contributed by atoms with Crippen molar-refractivity contribution in [2.24, 2.45) is 0 Å². The van der Waals surface area contributed by atoms with E-state index in [4.69, 9.17) is 10.5 Å². The highest BCUT2D eigenvalue weighted by atomic mass is 16.5. The zero-order valence-electron chi connectivity index (χ0n) is 18.4. The Labute approximate surface area is 192 Å². The number of hydrogen-bond acceptors (Lipinski definition) is 4. The zero-order valence-corrected chi connectivity index (χ0v) is 18.4. The van der Waals surface area contributed by atoms with Crippen LogP contribution in [-0.4, -0.2) is 21.5 Å². The Morgan fingerprint density at radius 3 is 2.27 bits per heavy atom. The van der Waals surface area contributed by atoms with Gasteiger partial charge < -0.3 is 10.5 Å². The maximum atomic E-state index is 6.00. The van der Waals surface area contributed by atoms with Gasteiger partial charge in [0.05, 0.1) is 18.5 Å². The minimum absolute atomic E-state index is 0.435. The molecular weight excluding hydrogens is 408 g/mol. The summed E-state index contributed by atoms with van der Waals surface area (Å²) in [6, 6.07) is 25.8. The Balaban J connectivity index is 1.50. The molecule has 0 atom stereocenters. The SMILES string of the molecule is COc1ccc(-c2ccc(C#Cc3nc(N)ccc3-c3c(C)nc4ccccn34)cc2)cc1. The molecule has 3 heterocycles. The second-order valence-corrected chi connectivity index (χ2v) is 7.66. The molecule has 5 nitrogen and oxygen atoms in total. The van der Waals surface area contributed by atoms with Crippen LogP contribution in [0.2, 0.25) is 0 Å². The van der Waals surface area contributed by atoms with Crippen molar-refractivity contribution in [2.75, 3.05) is 12.8 Å². The fourth-order valence-electron chi connectivity index (χ4n) is 3.86. The minimum atomic E-state index is 0.435. The normalized spacial score (nSPS) is 10.6. The first-order valence-electron chi connectivity index (χ1n) is 10.6. The third-order valence-electron chi connectivity index (χ3n) is 5.51. The molecule has 0 aliphatic heterocycles. The number of rotatable bonds is 3. The predicted octanol–water partition coefficient (Wildman–Crippen LogP) is 5.36. The molecule has 2 N–H and O–H groups in total. The van der Waals surface area contributed by atoms with E-state index in [1.165, 1.54) is 0 Å². The molecule has 0 aliphatic carbocycles. The lowest BCUT2D eigenvalue weighted by Gasteiger charge is -2.07. The number of anilines is 1. The van der Waals surface area contributed by atoms with Crippen LogP contribution in [-0.2, 0) is 0 Å². The van der Waals surface area contributed by atoms with Crippen molar-refractivity contribution >= 4 is 11.5 Å². The molecule has 33 heavy (non-hydrogen) atoms. The van der Waals surface area contributed by atoms with Crippen LogP contribution in [0, 0.1) is 18.8 Å². The number of nitrogens with zero attached hydrogens (tertiary/aromatic N) is 3. The van der Waals surface area contributed by atoms with Crippen LogP contribution in [0.4, 0.5) is 5.82 Å². The van der Waals surface area contributed by atoms with Gasteiger partial charge in [-0.15, -0.1) is 0 Å². The summed E-state index contributed by atoms with van der Waals surface area (Å²) in [4.78, 5) is 9.19. The molecule has 0 saturated heterocycles. The van der Waals surface area contributed by atoms with E-state index in [0.717, 1.165) is 45.0 Å². The maximum Gasteiger partial charge on any atom is 0.137 e. The second-order valence-electron chi connectivity index (χ2n) is 7.66. The van der Waals surface area contributed by atoms with Gasteiger partial charge in [-0.2, -0.15) is 0 Å². The summed E-state index contributed by atoms with van der Waals surface area (Å²) in [6.07, 6.45) is 2.00. The number of imidazole rings is 1. The number of benzene rings is 2.